The maximum Gasteiger partial charge on any atom is 0.361 e. The van der Waals surface area contributed by atoms with Crippen LogP contribution in [0.25, 0.3) is 0 Å². The summed E-state index contributed by atoms with van der Waals surface area (Å²) in [5, 5.41) is 4.82. The lowest BCUT2D eigenvalue weighted by Crippen LogP contribution is -2.21. The highest BCUT2D eigenvalue weighted by Crippen LogP contribution is 2.04. The van der Waals surface area contributed by atoms with Gasteiger partial charge in [-0.15, -0.1) is 0 Å². The number of carbonyl (C=O) groups excluding carboxylic acids is 1. The second kappa shape index (κ2) is 3.79. The second-order valence-electron chi connectivity index (χ2n) is 2.83. The van der Waals surface area contributed by atoms with E-state index in [-0.39, 0.29) is 0 Å². The number of aromatic nitrogens is 3. The van der Waals surface area contributed by atoms with Crippen LogP contribution in [0.1, 0.15) is 0 Å². The number of para-hydroxylation sites is 1. The molecule has 15 heavy (non-hydrogen) atoms. The van der Waals surface area contributed by atoms with E-state index in [1.54, 1.807) is 24.3 Å². The van der Waals surface area contributed by atoms with Gasteiger partial charge in [0, 0.05) is 5.69 Å². The third-order valence-electron chi connectivity index (χ3n) is 1.75. The first kappa shape index (κ1) is 9.20. The van der Waals surface area contributed by atoms with Gasteiger partial charge in [0.2, 0.25) is 0 Å². The molecule has 1 amide bonds. The molecule has 0 fully saturated rings. The van der Waals surface area contributed by atoms with Crippen LogP contribution >= 0.6 is 0 Å². The van der Waals surface area contributed by atoms with Gasteiger partial charge in [-0.05, 0) is 12.1 Å². The number of anilines is 1. The Bertz CT molecular complexity index is 514. The van der Waals surface area contributed by atoms with Gasteiger partial charge in [-0.25, -0.2) is 14.7 Å². The Kier molecular flexibility index (Phi) is 2.32. The summed E-state index contributed by atoms with van der Waals surface area (Å²) < 4.78 is 0.981. The van der Waals surface area contributed by atoms with Gasteiger partial charge < -0.3 is 5.32 Å². The van der Waals surface area contributed by atoms with Crippen molar-refractivity contribution < 1.29 is 4.79 Å². The van der Waals surface area contributed by atoms with Crippen molar-refractivity contribution in [2.75, 3.05) is 5.32 Å². The van der Waals surface area contributed by atoms with Gasteiger partial charge >= 0.3 is 11.7 Å². The Hall–Kier alpha value is -2.37. The van der Waals surface area contributed by atoms with Crippen molar-refractivity contribution in [2.24, 2.45) is 0 Å². The van der Waals surface area contributed by atoms with Crippen LogP contribution in [0, 0.1) is 0 Å². The predicted octanol–water partition coefficient (Wildman–Crippen LogP) is 0.652. The Morgan fingerprint density at radius 1 is 1.33 bits per heavy atom. The molecule has 1 aromatic heterocycles. The molecule has 6 heteroatoms. The first-order valence-corrected chi connectivity index (χ1v) is 4.26. The molecule has 2 N–H and O–H groups in total. The molecule has 0 saturated carbocycles. The van der Waals surface area contributed by atoms with Crippen LogP contribution in [0.4, 0.5) is 10.5 Å². The number of H-pyrrole nitrogens is 1. The average Bonchev–Trinajstić information content (AvgIpc) is 2.66. The van der Waals surface area contributed by atoms with Crippen molar-refractivity contribution in [3.63, 3.8) is 0 Å². The summed E-state index contributed by atoms with van der Waals surface area (Å²) in [7, 11) is 0. The molecule has 0 atom stereocenters. The van der Waals surface area contributed by atoms with Crippen LogP contribution in [0.5, 0.6) is 0 Å². The fourth-order valence-corrected chi connectivity index (χ4v) is 1.08. The molecule has 0 unspecified atom stereocenters. The maximum absolute atomic E-state index is 11.5. The van der Waals surface area contributed by atoms with Crippen molar-refractivity contribution in [1.82, 2.24) is 14.8 Å². The lowest BCUT2D eigenvalue weighted by atomic mass is 10.3. The van der Waals surface area contributed by atoms with E-state index < -0.39 is 11.7 Å². The second-order valence-corrected chi connectivity index (χ2v) is 2.83. The van der Waals surface area contributed by atoms with Crippen LogP contribution < -0.4 is 11.0 Å². The molecule has 0 saturated heterocycles. The third-order valence-corrected chi connectivity index (χ3v) is 1.75. The van der Waals surface area contributed by atoms with Crippen LogP contribution in [0.2, 0.25) is 0 Å². The first-order chi connectivity index (χ1) is 7.25. The quantitative estimate of drug-likeness (QED) is 0.715. The zero-order valence-electron chi connectivity index (χ0n) is 7.68. The first-order valence-electron chi connectivity index (χ1n) is 4.26. The minimum Gasteiger partial charge on any atom is -0.306 e. The van der Waals surface area contributed by atoms with E-state index in [1.807, 2.05) is 6.07 Å². The molecule has 2 aromatic rings. The lowest BCUT2D eigenvalue weighted by Gasteiger charge is -2.03. The van der Waals surface area contributed by atoms with Crippen molar-refractivity contribution in [3.05, 3.63) is 47.1 Å². The molecule has 76 valence electrons. The van der Waals surface area contributed by atoms with Gasteiger partial charge in [-0.2, -0.15) is 9.67 Å². The van der Waals surface area contributed by atoms with Crippen LogP contribution in [0.15, 0.2) is 41.5 Å². The summed E-state index contributed by atoms with van der Waals surface area (Å²) in [6.07, 6.45) is 1.13. The van der Waals surface area contributed by atoms with Gasteiger partial charge in [0.05, 0.1) is 0 Å². The monoisotopic (exact) mass is 204 g/mol. The summed E-state index contributed by atoms with van der Waals surface area (Å²) >= 11 is 0. The van der Waals surface area contributed by atoms with Gasteiger partial charge in [-0.3, -0.25) is 0 Å². The molecule has 0 radical (unpaired) electrons. The van der Waals surface area contributed by atoms with E-state index in [1.165, 1.54) is 0 Å². The highest BCUT2D eigenvalue weighted by Gasteiger charge is 2.04. The summed E-state index contributed by atoms with van der Waals surface area (Å²) in [5.41, 5.74) is 0.0928. The Labute approximate surface area is 84.6 Å². The third kappa shape index (κ3) is 2.11. The zero-order valence-corrected chi connectivity index (χ0v) is 7.68. The zero-order chi connectivity index (χ0) is 10.7. The molecule has 0 aliphatic carbocycles. The van der Waals surface area contributed by atoms with E-state index in [0.29, 0.717) is 5.69 Å². The fourth-order valence-electron chi connectivity index (χ4n) is 1.08. The number of rotatable bonds is 1. The number of nitrogens with one attached hydrogen (secondary N) is 2. The number of benzene rings is 1. The van der Waals surface area contributed by atoms with Crippen molar-refractivity contribution >= 4 is 11.7 Å². The van der Waals surface area contributed by atoms with E-state index in [2.05, 4.69) is 15.4 Å². The van der Waals surface area contributed by atoms with Crippen LogP contribution in [-0.2, 0) is 0 Å². The van der Waals surface area contributed by atoms with Gasteiger partial charge in [0.15, 0.2) is 0 Å². The van der Waals surface area contributed by atoms with Crippen molar-refractivity contribution in [1.29, 1.82) is 0 Å². The Morgan fingerprint density at radius 2 is 2.07 bits per heavy atom. The summed E-state index contributed by atoms with van der Waals surface area (Å²) in [4.78, 5) is 25.5. The summed E-state index contributed by atoms with van der Waals surface area (Å²) in [5.74, 6) is 0. The minimum atomic E-state index is -0.557. The smallest absolute Gasteiger partial charge is 0.306 e. The topological polar surface area (TPSA) is 79.8 Å². The number of amides is 1. The SMILES string of the molecule is O=C(Nc1ccccc1)n1cnc(=O)[nH]1. The number of hydrogen-bond donors (Lipinski definition) is 2. The highest BCUT2D eigenvalue weighted by atomic mass is 16.2. The summed E-state index contributed by atoms with van der Waals surface area (Å²) in [6.45, 7) is 0. The van der Waals surface area contributed by atoms with E-state index in [9.17, 15) is 9.59 Å². The van der Waals surface area contributed by atoms with Crippen molar-refractivity contribution in [2.45, 2.75) is 0 Å². The molecule has 0 aliphatic heterocycles. The van der Waals surface area contributed by atoms with Gasteiger partial charge in [0.1, 0.15) is 6.33 Å². The Morgan fingerprint density at radius 3 is 2.67 bits per heavy atom. The average molecular weight is 204 g/mol. The molecule has 1 aromatic carbocycles. The van der Waals surface area contributed by atoms with Crippen LogP contribution in [-0.4, -0.2) is 20.8 Å². The largest absolute Gasteiger partial charge is 0.361 e. The molecule has 2 rings (SSSR count). The summed E-state index contributed by atoms with van der Waals surface area (Å²) in [6, 6.07) is 8.46. The van der Waals surface area contributed by atoms with Gasteiger partial charge in [-0.1, -0.05) is 18.2 Å². The normalized spacial score (nSPS) is 9.87. The lowest BCUT2D eigenvalue weighted by molar-refractivity contribution is 0.250. The number of carbonyl (C=O) groups is 1. The molecular weight excluding hydrogens is 196 g/mol. The molecule has 0 aliphatic rings. The predicted molar refractivity (Wildman–Crippen MR) is 53.7 cm³/mol. The standard InChI is InChI=1S/C9H8N4O2/c14-8-10-6-13(12-8)9(15)11-7-4-2-1-3-5-7/h1-6H,(H,11,15)(H,12,14). The van der Waals surface area contributed by atoms with Crippen LogP contribution in [0.3, 0.4) is 0 Å². The van der Waals surface area contributed by atoms with E-state index in [4.69, 9.17) is 0 Å². The van der Waals surface area contributed by atoms with Gasteiger partial charge in [0.25, 0.3) is 0 Å². The maximum atomic E-state index is 11.5. The fraction of sp³-hybridized carbons (Fsp3) is 0. The number of hydrogen-bond acceptors (Lipinski definition) is 3. The molecular formula is C9H8N4O2. The molecule has 6 nitrogen and oxygen atoms in total. The molecule has 0 bridgehead atoms. The Balaban J connectivity index is 2.14. The van der Waals surface area contributed by atoms with E-state index >= 15 is 0 Å². The number of nitrogens with zero attached hydrogens (tertiary/aromatic N) is 2. The molecule has 1 heterocycles. The highest BCUT2D eigenvalue weighted by molar-refractivity contribution is 5.90. The molecule has 0 spiro atoms. The van der Waals surface area contributed by atoms with E-state index in [0.717, 1.165) is 11.0 Å². The van der Waals surface area contributed by atoms with Crippen molar-refractivity contribution in [3.8, 4) is 0 Å². The minimum absolute atomic E-state index is 0.462. The number of aromatic amines is 1.